The van der Waals surface area contributed by atoms with Crippen molar-refractivity contribution in [2.24, 2.45) is 4.99 Å². The van der Waals surface area contributed by atoms with Gasteiger partial charge in [0.25, 0.3) is 0 Å². The topological polar surface area (TPSA) is 46.0 Å². The second kappa shape index (κ2) is 4.16. The van der Waals surface area contributed by atoms with Gasteiger partial charge in [0.1, 0.15) is 11.6 Å². The van der Waals surface area contributed by atoms with Crippen molar-refractivity contribution in [3.8, 4) is 5.69 Å². The summed E-state index contributed by atoms with van der Waals surface area (Å²) in [5.74, 6) is 0.575. The van der Waals surface area contributed by atoms with Gasteiger partial charge in [0.2, 0.25) is 0 Å². The molecule has 4 rings (SSSR count). The van der Waals surface area contributed by atoms with Crippen LogP contribution in [-0.4, -0.2) is 20.2 Å². The number of aromatic nitrogens is 3. The molecule has 2 aromatic heterocycles. The lowest BCUT2D eigenvalue weighted by atomic mass is 10.0. The number of rotatable bonds is 1. The molecule has 0 spiro atoms. The predicted octanol–water partition coefficient (Wildman–Crippen LogP) is 2.69. The van der Waals surface area contributed by atoms with Crippen LogP contribution >= 0.6 is 0 Å². The highest BCUT2D eigenvalue weighted by Crippen LogP contribution is 2.24. The van der Waals surface area contributed by atoms with E-state index in [0.717, 1.165) is 28.5 Å². The number of aromatic amines is 1. The Morgan fingerprint density at radius 1 is 1.25 bits per heavy atom. The molecule has 98 valence electrons. The zero-order valence-electron chi connectivity index (χ0n) is 10.5. The van der Waals surface area contributed by atoms with Crippen LogP contribution in [0.5, 0.6) is 0 Å². The standard InChI is InChI=1S/C15H11FN4/c16-10-3-4-13-11(8-10)15(12-2-1-5-17-12)19-9-14-18-6-7-20(13)14/h1-8,17H,9H2. The average Bonchev–Trinajstić information content (AvgIpc) is 3.09. The number of aliphatic imine (C=N–C) groups is 1. The molecule has 3 aromatic rings. The Labute approximate surface area is 114 Å². The highest BCUT2D eigenvalue weighted by atomic mass is 19.1. The van der Waals surface area contributed by atoms with Crippen molar-refractivity contribution in [3.05, 3.63) is 71.8 Å². The van der Waals surface area contributed by atoms with E-state index in [1.165, 1.54) is 12.1 Å². The number of nitrogens with zero attached hydrogens (tertiary/aromatic N) is 3. The Hall–Kier alpha value is -2.69. The average molecular weight is 266 g/mol. The SMILES string of the molecule is Fc1ccc2c(c1)C(c1ccc[nH]1)=NCc1nccn1-2. The molecule has 0 saturated heterocycles. The summed E-state index contributed by atoms with van der Waals surface area (Å²) in [6, 6.07) is 8.58. The van der Waals surface area contributed by atoms with Gasteiger partial charge in [-0.2, -0.15) is 0 Å². The highest BCUT2D eigenvalue weighted by molar-refractivity contribution is 6.14. The van der Waals surface area contributed by atoms with E-state index < -0.39 is 0 Å². The van der Waals surface area contributed by atoms with Gasteiger partial charge in [-0.3, -0.25) is 4.99 Å². The molecule has 0 fully saturated rings. The number of hydrogen-bond donors (Lipinski definition) is 1. The van der Waals surface area contributed by atoms with Crippen LogP contribution < -0.4 is 0 Å². The largest absolute Gasteiger partial charge is 0.360 e. The van der Waals surface area contributed by atoms with Gasteiger partial charge in [-0.25, -0.2) is 9.37 Å². The summed E-state index contributed by atoms with van der Waals surface area (Å²) < 4.78 is 15.6. The summed E-state index contributed by atoms with van der Waals surface area (Å²) in [5.41, 5.74) is 3.30. The second-order valence-corrected chi connectivity index (χ2v) is 4.62. The Kier molecular flexibility index (Phi) is 2.32. The monoisotopic (exact) mass is 266 g/mol. The van der Waals surface area contributed by atoms with Gasteiger partial charge < -0.3 is 9.55 Å². The summed E-state index contributed by atoms with van der Waals surface area (Å²) in [4.78, 5) is 12.0. The fourth-order valence-electron chi connectivity index (χ4n) is 2.52. The molecule has 0 bridgehead atoms. The smallest absolute Gasteiger partial charge is 0.134 e. The Balaban J connectivity index is 2.01. The van der Waals surface area contributed by atoms with E-state index in [2.05, 4.69) is 15.0 Å². The number of fused-ring (bicyclic) bond motifs is 3. The molecule has 3 heterocycles. The summed E-state index contributed by atoms with van der Waals surface area (Å²) in [6.07, 6.45) is 5.44. The summed E-state index contributed by atoms with van der Waals surface area (Å²) in [6.45, 7) is 0.470. The summed E-state index contributed by atoms with van der Waals surface area (Å²) >= 11 is 0. The number of H-pyrrole nitrogens is 1. The predicted molar refractivity (Wildman–Crippen MR) is 73.7 cm³/mol. The van der Waals surface area contributed by atoms with Crippen molar-refractivity contribution in [2.45, 2.75) is 6.54 Å². The fraction of sp³-hybridized carbons (Fsp3) is 0.0667. The first-order valence-corrected chi connectivity index (χ1v) is 6.33. The molecule has 0 radical (unpaired) electrons. The third-order valence-corrected chi connectivity index (χ3v) is 3.42. The molecule has 0 unspecified atom stereocenters. The molecular formula is C15H11FN4. The van der Waals surface area contributed by atoms with Gasteiger partial charge in [0.15, 0.2) is 0 Å². The quantitative estimate of drug-likeness (QED) is 0.723. The number of hydrogen-bond acceptors (Lipinski definition) is 2. The van der Waals surface area contributed by atoms with Crippen LogP contribution in [0.1, 0.15) is 17.1 Å². The lowest BCUT2D eigenvalue weighted by Gasteiger charge is -2.10. The zero-order valence-corrected chi connectivity index (χ0v) is 10.5. The van der Waals surface area contributed by atoms with Crippen molar-refractivity contribution in [3.63, 3.8) is 0 Å². The number of nitrogens with one attached hydrogen (secondary N) is 1. The minimum absolute atomic E-state index is 0.272. The third-order valence-electron chi connectivity index (χ3n) is 3.42. The maximum Gasteiger partial charge on any atom is 0.134 e. The number of imidazole rings is 1. The van der Waals surface area contributed by atoms with Crippen LogP contribution in [0.2, 0.25) is 0 Å². The maximum absolute atomic E-state index is 13.7. The number of halogens is 1. The van der Waals surface area contributed by atoms with Crippen molar-refractivity contribution < 1.29 is 4.39 Å². The van der Waals surface area contributed by atoms with Crippen LogP contribution in [0.4, 0.5) is 4.39 Å². The van der Waals surface area contributed by atoms with E-state index in [1.807, 2.05) is 29.1 Å². The Morgan fingerprint density at radius 2 is 2.20 bits per heavy atom. The van der Waals surface area contributed by atoms with Crippen LogP contribution in [0.25, 0.3) is 5.69 Å². The van der Waals surface area contributed by atoms with Crippen LogP contribution in [0.15, 0.2) is 53.9 Å². The minimum atomic E-state index is -0.272. The van der Waals surface area contributed by atoms with Gasteiger partial charge in [0.05, 0.1) is 23.6 Å². The molecule has 0 aliphatic carbocycles. The molecule has 20 heavy (non-hydrogen) atoms. The van der Waals surface area contributed by atoms with Gasteiger partial charge >= 0.3 is 0 Å². The molecular weight excluding hydrogens is 255 g/mol. The van der Waals surface area contributed by atoms with E-state index in [1.54, 1.807) is 12.3 Å². The van der Waals surface area contributed by atoms with Gasteiger partial charge in [0, 0.05) is 24.2 Å². The van der Waals surface area contributed by atoms with Crippen molar-refractivity contribution >= 4 is 5.71 Å². The molecule has 0 amide bonds. The maximum atomic E-state index is 13.7. The third kappa shape index (κ3) is 1.60. The Bertz CT molecular complexity index is 799. The molecule has 0 saturated carbocycles. The second-order valence-electron chi connectivity index (χ2n) is 4.62. The normalized spacial score (nSPS) is 13.3. The van der Waals surface area contributed by atoms with E-state index in [0.29, 0.717) is 6.54 Å². The van der Waals surface area contributed by atoms with Crippen molar-refractivity contribution in [1.29, 1.82) is 0 Å². The molecule has 4 nitrogen and oxygen atoms in total. The molecule has 5 heteroatoms. The molecule has 1 aliphatic rings. The minimum Gasteiger partial charge on any atom is -0.360 e. The number of benzene rings is 1. The van der Waals surface area contributed by atoms with Gasteiger partial charge in [-0.05, 0) is 30.3 Å². The van der Waals surface area contributed by atoms with Crippen molar-refractivity contribution in [1.82, 2.24) is 14.5 Å². The molecule has 1 aromatic carbocycles. The first-order valence-electron chi connectivity index (χ1n) is 6.33. The van der Waals surface area contributed by atoms with Gasteiger partial charge in [-0.15, -0.1) is 0 Å². The molecule has 0 atom stereocenters. The first-order chi connectivity index (χ1) is 9.83. The zero-order chi connectivity index (χ0) is 13.5. The molecule has 1 N–H and O–H groups in total. The van der Waals surface area contributed by atoms with E-state index in [9.17, 15) is 4.39 Å². The summed E-state index contributed by atoms with van der Waals surface area (Å²) in [5, 5.41) is 0. The van der Waals surface area contributed by atoms with Gasteiger partial charge in [-0.1, -0.05) is 0 Å². The van der Waals surface area contributed by atoms with E-state index in [4.69, 9.17) is 0 Å². The lowest BCUT2D eigenvalue weighted by Crippen LogP contribution is -2.07. The van der Waals surface area contributed by atoms with Crippen LogP contribution in [0, 0.1) is 5.82 Å². The van der Waals surface area contributed by atoms with E-state index in [-0.39, 0.29) is 5.82 Å². The first kappa shape index (κ1) is 11.2. The Morgan fingerprint density at radius 3 is 3.05 bits per heavy atom. The van der Waals surface area contributed by atoms with Crippen LogP contribution in [0.3, 0.4) is 0 Å². The molecule has 1 aliphatic heterocycles. The lowest BCUT2D eigenvalue weighted by molar-refractivity contribution is 0.627. The van der Waals surface area contributed by atoms with Crippen LogP contribution in [-0.2, 0) is 6.54 Å². The fourth-order valence-corrected chi connectivity index (χ4v) is 2.52. The van der Waals surface area contributed by atoms with Crippen molar-refractivity contribution in [2.75, 3.05) is 0 Å². The highest BCUT2D eigenvalue weighted by Gasteiger charge is 2.19. The summed E-state index contributed by atoms with van der Waals surface area (Å²) in [7, 11) is 0. The van der Waals surface area contributed by atoms with E-state index >= 15 is 0 Å².